The average Bonchev–Trinajstić information content (AvgIpc) is 2.95. The minimum absolute atomic E-state index is 0.172. The van der Waals surface area contributed by atoms with Crippen molar-refractivity contribution in [3.63, 3.8) is 0 Å². The second-order valence-electron chi connectivity index (χ2n) is 4.50. The molecule has 0 aliphatic carbocycles. The Morgan fingerprint density at radius 3 is 2.62 bits per heavy atom. The van der Waals surface area contributed by atoms with Crippen molar-refractivity contribution in [1.82, 2.24) is 10.1 Å². The summed E-state index contributed by atoms with van der Waals surface area (Å²) in [6, 6.07) is 5.25. The van der Waals surface area contributed by atoms with Gasteiger partial charge in [-0.15, -0.1) is 0 Å². The molecule has 1 aromatic heterocycles. The van der Waals surface area contributed by atoms with Crippen molar-refractivity contribution in [2.24, 2.45) is 5.73 Å². The summed E-state index contributed by atoms with van der Waals surface area (Å²) in [4.78, 5) is 4.32. The van der Waals surface area contributed by atoms with Crippen LogP contribution in [0.25, 0.3) is 11.4 Å². The molecule has 0 fully saturated rings. The van der Waals surface area contributed by atoms with Gasteiger partial charge in [-0.05, 0) is 18.2 Å². The second kappa shape index (κ2) is 7.05. The number of aromatic nitrogens is 2. The predicted molar refractivity (Wildman–Crippen MR) is 76.4 cm³/mol. The quantitative estimate of drug-likeness (QED) is 0.821. The molecule has 2 rings (SSSR count). The molecule has 2 N–H and O–H groups in total. The zero-order valence-corrected chi connectivity index (χ0v) is 12.3. The van der Waals surface area contributed by atoms with Gasteiger partial charge in [0.1, 0.15) is 0 Å². The van der Waals surface area contributed by atoms with Gasteiger partial charge in [-0.2, -0.15) is 4.98 Å². The molecule has 0 amide bonds. The van der Waals surface area contributed by atoms with E-state index in [1.165, 1.54) is 0 Å². The van der Waals surface area contributed by atoms with Crippen LogP contribution >= 0.6 is 0 Å². The number of hydrogen-bond acceptors (Lipinski definition) is 7. The SMILES string of the molecule is COCC(N)Cc1nc(-c2ccc(OC)c(OC)c2)no1. The fourth-order valence-corrected chi connectivity index (χ4v) is 1.93. The largest absolute Gasteiger partial charge is 0.493 e. The fraction of sp³-hybridized carbons (Fsp3) is 0.429. The number of ether oxygens (including phenoxy) is 3. The van der Waals surface area contributed by atoms with Crippen LogP contribution in [-0.4, -0.2) is 44.1 Å². The van der Waals surface area contributed by atoms with Crippen LogP contribution in [0.2, 0.25) is 0 Å². The van der Waals surface area contributed by atoms with Gasteiger partial charge in [0, 0.05) is 25.1 Å². The van der Waals surface area contributed by atoms with Crippen LogP contribution in [0.5, 0.6) is 11.5 Å². The van der Waals surface area contributed by atoms with Crippen molar-refractivity contribution in [2.75, 3.05) is 27.9 Å². The van der Waals surface area contributed by atoms with Crippen LogP contribution < -0.4 is 15.2 Å². The van der Waals surface area contributed by atoms with Gasteiger partial charge in [-0.1, -0.05) is 5.16 Å². The Hall–Kier alpha value is -2.12. The molecule has 0 bridgehead atoms. The molecule has 7 heteroatoms. The summed E-state index contributed by atoms with van der Waals surface area (Å²) in [6.45, 7) is 0.439. The molecular weight excluding hydrogens is 274 g/mol. The summed E-state index contributed by atoms with van der Waals surface area (Å²) in [6.07, 6.45) is 0.466. The number of nitrogens with zero attached hydrogens (tertiary/aromatic N) is 2. The lowest BCUT2D eigenvalue weighted by molar-refractivity contribution is 0.176. The molecule has 0 aliphatic rings. The third-order valence-electron chi connectivity index (χ3n) is 2.93. The van der Waals surface area contributed by atoms with Crippen molar-refractivity contribution in [1.29, 1.82) is 0 Å². The molecule has 1 heterocycles. The number of hydrogen-bond donors (Lipinski definition) is 1. The zero-order valence-electron chi connectivity index (χ0n) is 12.3. The molecule has 1 atom stereocenters. The van der Waals surface area contributed by atoms with Crippen molar-refractivity contribution in [2.45, 2.75) is 12.5 Å². The zero-order chi connectivity index (χ0) is 15.2. The van der Waals surface area contributed by atoms with Gasteiger partial charge >= 0.3 is 0 Å². The summed E-state index contributed by atoms with van der Waals surface area (Å²) < 4.78 is 20.6. The summed E-state index contributed by atoms with van der Waals surface area (Å²) in [5, 5.41) is 3.95. The van der Waals surface area contributed by atoms with Crippen molar-refractivity contribution in [3.05, 3.63) is 24.1 Å². The summed E-state index contributed by atoms with van der Waals surface area (Å²) in [7, 11) is 4.76. The summed E-state index contributed by atoms with van der Waals surface area (Å²) in [5.74, 6) is 2.21. The van der Waals surface area contributed by atoms with Gasteiger partial charge in [-0.3, -0.25) is 0 Å². The summed E-state index contributed by atoms with van der Waals surface area (Å²) >= 11 is 0. The first kappa shape index (κ1) is 15.3. The minimum atomic E-state index is -0.172. The van der Waals surface area contributed by atoms with Gasteiger partial charge in [0.25, 0.3) is 0 Å². The third-order valence-corrected chi connectivity index (χ3v) is 2.93. The lowest BCUT2D eigenvalue weighted by atomic mass is 10.2. The molecule has 0 saturated heterocycles. The Kier molecular flexibility index (Phi) is 5.13. The van der Waals surface area contributed by atoms with E-state index in [9.17, 15) is 0 Å². The van der Waals surface area contributed by atoms with Crippen molar-refractivity contribution >= 4 is 0 Å². The maximum Gasteiger partial charge on any atom is 0.228 e. The van der Waals surface area contributed by atoms with E-state index >= 15 is 0 Å². The molecule has 114 valence electrons. The first-order chi connectivity index (χ1) is 10.2. The maximum absolute atomic E-state index is 5.86. The molecule has 1 aromatic carbocycles. The highest BCUT2D eigenvalue weighted by Gasteiger charge is 2.14. The molecule has 0 aliphatic heterocycles. The average molecular weight is 293 g/mol. The Balaban J connectivity index is 2.17. The molecule has 21 heavy (non-hydrogen) atoms. The second-order valence-corrected chi connectivity index (χ2v) is 4.50. The Morgan fingerprint density at radius 2 is 1.95 bits per heavy atom. The third kappa shape index (κ3) is 3.71. The smallest absolute Gasteiger partial charge is 0.228 e. The van der Waals surface area contributed by atoms with E-state index in [0.717, 1.165) is 5.56 Å². The van der Waals surface area contributed by atoms with E-state index in [2.05, 4.69) is 10.1 Å². The van der Waals surface area contributed by atoms with E-state index < -0.39 is 0 Å². The number of nitrogens with two attached hydrogens (primary N) is 1. The monoisotopic (exact) mass is 293 g/mol. The topological polar surface area (TPSA) is 92.6 Å². The maximum atomic E-state index is 5.86. The molecule has 0 spiro atoms. The van der Waals surface area contributed by atoms with Crippen LogP contribution in [0.4, 0.5) is 0 Å². The van der Waals surface area contributed by atoms with E-state index in [1.54, 1.807) is 33.5 Å². The van der Waals surface area contributed by atoms with Gasteiger partial charge in [-0.25, -0.2) is 0 Å². The molecule has 2 aromatic rings. The van der Waals surface area contributed by atoms with Crippen LogP contribution in [0.15, 0.2) is 22.7 Å². The van der Waals surface area contributed by atoms with E-state index in [0.29, 0.717) is 36.2 Å². The first-order valence-corrected chi connectivity index (χ1v) is 6.47. The number of methoxy groups -OCH3 is 3. The van der Waals surface area contributed by atoms with Crippen LogP contribution in [0.3, 0.4) is 0 Å². The Morgan fingerprint density at radius 1 is 1.19 bits per heavy atom. The molecule has 0 saturated carbocycles. The van der Waals surface area contributed by atoms with Crippen LogP contribution in [0.1, 0.15) is 5.89 Å². The van der Waals surface area contributed by atoms with Crippen molar-refractivity contribution < 1.29 is 18.7 Å². The molecule has 7 nitrogen and oxygen atoms in total. The standard InChI is InChI=1S/C14H19N3O4/c1-18-8-10(15)7-13-16-14(17-21-13)9-4-5-11(19-2)12(6-9)20-3/h4-6,10H,7-8,15H2,1-3H3. The highest BCUT2D eigenvalue weighted by molar-refractivity contribution is 5.60. The Bertz CT molecular complexity index is 585. The minimum Gasteiger partial charge on any atom is -0.493 e. The van der Waals surface area contributed by atoms with Crippen LogP contribution in [-0.2, 0) is 11.2 Å². The summed E-state index contributed by atoms with van der Waals surface area (Å²) in [5.41, 5.74) is 6.64. The highest BCUT2D eigenvalue weighted by Crippen LogP contribution is 2.31. The van der Waals surface area contributed by atoms with Gasteiger partial charge < -0.3 is 24.5 Å². The number of rotatable bonds is 7. The molecule has 1 unspecified atom stereocenters. The van der Waals surface area contributed by atoms with Crippen molar-refractivity contribution in [3.8, 4) is 22.9 Å². The predicted octanol–water partition coefficient (Wildman–Crippen LogP) is 1.27. The van der Waals surface area contributed by atoms with Gasteiger partial charge in [0.15, 0.2) is 11.5 Å². The molecule has 0 radical (unpaired) electrons. The van der Waals surface area contributed by atoms with Gasteiger partial charge in [0.2, 0.25) is 11.7 Å². The van der Waals surface area contributed by atoms with Gasteiger partial charge in [0.05, 0.1) is 20.8 Å². The Labute approximate surface area is 123 Å². The fourth-order valence-electron chi connectivity index (χ4n) is 1.93. The van der Waals surface area contributed by atoms with Crippen LogP contribution in [0, 0.1) is 0 Å². The van der Waals surface area contributed by atoms with E-state index in [4.69, 9.17) is 24.5 Å². The lowest BCUT2D eigenvalue weighted by Gasteiger charge is -2.07. The molecular formula is C14H19N3O4. The van der Waals surface area contributed by atoms with E-state index in [1.807, 2.05) is 6.07 Å². The number of benzene rings is 1. The normalized spacial score (nSPS) is 12.2. The lowest BCUT2D eigenvalue weighted by Crippen LogP contribution is -2.28. The van der Waals surface area contributed by atoms with E-state index in [-0.39, 0.29) is 6.04 Å². The first-order valence-electron chi connectivity index (χ1n) is 6.47. The highest BCUT2D eigenvalue weighted by atomic mass is 16.5.